The lowest BCUT2D eigenvalue weighted by atomic mass is 10.1. The molecule has 1 saturated heterocycles. The number of anilines is 1. The number of halogens is 3. The summed E-state index contributed by atoms with van der Waals surface area (Å²) < 4.78 is 13.7. The van der Waals surface area contributed by atoms with Crippen LogP contribution in [-0.4, -0.2) is 17.3 Å². The highest BCUT2D eigenvalue weighted by Crippen LogP contribution is 2.41. The Morgan fingerprint density at radius 2 is 1.81 bits per heavy atom. The normalized spacial score (nSPS) is 14.6. The van der Waals surface area contributed by atoms with Crippen LogP contribution in [0.5, 0.6) is 11.5 Å². The van der Waals surface area contributed by atoms with Crippen LogP contribution in [0.4, 0.5) is 5.69 Å². The molecule has 1 aliphatic heterocycles. The Balaban J connectivity index is 1.40. The Hall–Kier alpha value is -2.36. The van der Waals surface area contributed by atoms with Crippen molar-refractivity contribution in [3.05, 3.63) is 103 Å². The molecule has 0 aliphatic carbocycles. The lowest BCUT2D eigenvalue weighted by Gasteiger charge is -2.15. The Bertz CT molecular complexity index is 1590. The maximum absolute atomic E-state index is 13.2. The molecule has 4 nitrogen and oxygen atoms in total. The van der Waals surface area contributed by atoms with Gasteiger partial charge in [-0.1, -0.05) is 78.0 Å². The van der Waals surface area contributed by atoms with E-state index in [0.717, 1.165) is 26.4 Å². The first kappa shape index (κ1) is 26.3. The quantitative estimate of drug-likeness (QED) is 0.151. The molecule has 9 heteroatoms. The molecule has 0 radical (unpaired) electrons. The first-order valence-corrected chi connectivity index (χ1v) is 14.2. The van der Waals surface area contributed by atoms with E-state index < -0.39 is 0 Å². The smallest absolute Gasteiger partial charge is 0.270 e. The Morgan fingerprint density at radius 1 is 1.03 bits per heavy atom. The van der Waals surface area contributed by atoms with Crippen LogP contribution in [0.15, 0.2) is 86.6 Å². The number of carbonyl (C=O) groups is 1. The minimum absolute atomic E-state index is 0.209. The van der Waals surface area contributed by atoms with E-state index >= 15 is 0 Å². The van der Waals surface area contributed by atoms with Crippen molar-refractivity contribution in [1.82, 2.24) is 0 Å². The average molecular weight is 676 g/mol. The molecule has 5 rings (SSSR count). The Kier molecular flexibility index (Phi) is 7.93. The third kappa shape index (κ3) is 5.45. The molecule has 0 atom stereocenters. The second kappa shape index (κ2) is 11.2. The summed E-state index contributed by atoms with van der Waals surface area (Å²) in [5.41, 5.74) is 2.47. The van der Waals surface area contributed by atoms with Gasteiger partial charge < -0.3 is 9.47 Å². The summed E-state index contributed by atoms with van der Waals surface area (Å²) >= 11 is 20.0. The zero-order valence-corrected chi connectivity index (χ0v) is 24.9. The van der Waals surface area contributed by atoms with E-state index in [4.69, 9.17) is 33.3 Å². The van der Waals surface area contributed by atoms with E-state index in [2.05, 4.69) is 56.1 Å². The van der Waals surface area contributed by atoms with Crippen molar-refractivity contribution in [1.29, 1.82) is 0 Å². The molecule has 1 amide bonds. The van der Waals surface area contributed by atoms with Crippen LogP contribution in [0.1, 0.15) is 11.1 Å². The summed E-state index contributed by atoms with van der Waals surface area (Å²) in [6, 6.07) is 23.4. The van der Waals surface area contributed by atoms with E-state index in [1.807, 2.05) is 30.3 Å². The summed E-state index contributed by atoms with van der Waals surface area (Å²) in [7, 11) is 1.59. The zero-order valence-electron chi connectivity index (χ0n) is 19.3. The molecule has 0 N–H and O–H groups in total. The molecule has 0 aromatic heterocycles. The number of hydrogen-bond donors (Lipinski definition) is 0. The minimum Gasteiger partial charge on any atom is -0.493 e. The number of methoxy groups -OCH3 is 1. The first-order valence-electron chi connectivity index (χ1n) is 11.1. The van der Waals surface area contributed by atoms with E-state index in [1.54, 1.807) is 31.4 Å². The number of amides is 1. The lowest BCUT2D eigenvalue weighted by molar-refractivity contribution is -0.113. The summed E-state index contributed by atoms with van der Waals surface area (Å²) in [5, 5.41) is 2.81. The maximum Gasteiger partial charge on any atom is 0.270 e. The van der Waals surface area contributed by atoms with Gasteiger partial charge in [-0.15, -0.1) is 0 Å². The van der Waals surface area contributed by atoms with Crippen LogP contribution in [-0.2, 0) is 11.4 Å². The van der Waals surface area contributed by atoms with E-state index in [0.29, 0.717) is 42.5 Å². The summed E-state index contributed by atoms with van der Waals surface area (Å²) in [6.45, 7) is 0.379. The molecule has 0 bridgehead atoms. The highest BCUT2D eigenvalue weighted by atomic mass is 79.9. The number of benzene rings is 4. The van der Waals surface area contributed by atoms with Gasteiger partial charge in [-0.2, -0.15) is 0 Å². The first-order chi connectivity index (χ1) is 17.9. The molecule has 1 heterocycles. The van der Waals surface area contributed by atoms with E-state index in [-0.39, 0.29) is 5.91 Å². The van der Waals surface area contributed by atoms with Crippen molar-refractivity contribution in [3.8, 4) is 11.5 Å². The number of fused-ring (bicyclic) bond motifs is 1. The second-order valence-electron chi connectivity index (χ2n) is 8.08. The molecular formula is C28H18Br2ClNO3S2. The molecule has 1 fully saturated rings. The predicted molar refractivity (Wildman–Crippen MR) is 164 cm³/mol. The van der Waals surface area contributed by atoms with Crippen LogP contribution >= 0.6 is 67.4 Å². The molecule has 0 spiro atoms. The van der Waals surface area contributed by atoms with Crippen LogP contribution in [0, 0.1) is 0 Å². The molecular weight excluding hydrogens is 658 g/mol. The van der Waals surface area contributed by atoms with Crippen molar-refractivity contribution in [3.63, 3.8) is 0 Å². The highest BCUT2D eigenvalue weighted by Gasteiger charge is 2.33. The SMILES string of the molecule is COc1cc(/C=C2/SC(=S)N(c3ccc(Br)c(Cl)c3)C2=O)cc(Br)c1OCc1cccc2ccccc12. The largest absolute Gasteiger partial charge is 0.493 e. The molecule has 0 saturated carbocycles. The van der Waals surface area contributed by atoms with Crippen molar-refractivity contribution >= 4 is 100 Å². The number of hydrogen-bond acceptors (Lipinski definition) is 5. The number of thiocarbonyl (C=S) groups is 1. The van der Waals surface area contributed by atoms with Crippen molar-refractivity contribution in [2.45, 2.75) is 6.61 Å². The lowest BCUT2D eigenvalue weighted by Crippen LogP contribution is -2.27. The van der Waals surface area contributed by atoms with Gasteiger partial charge in [-0.25, -0.2) is 0 Å². The predicted octanol–water partition coefficient (Wildman–Crippen LogP) is 9.01. The highest BCUT2D eigenvalue weighted by molar-refractivity contribution is 9.10. The van der Waals surface area contributed by atoms with E-state index in [1.165, 1.54) is 16.7 Å². The molecule has 1 aliphatic rings. The van der Waals surface area contributed by atoms with Gasteiger partial charge in [-0.3, -0.25) is 9.69 Å². The zero-order chi connectivity index (χ0) is 26.1. The van der Waals surface area contributed by atoms with Gasteiger partial charge in [0.2, 0.25) is 0 Å². The average Bonchev–Trinajstić information content (AvgIpc) is 3.17. The van der Waals surface area contributed by atoms with Gasteiger partial charge in [0, 0.05) is 4.47 Å². The van der Waals surface area contributed by atoms with Crippen LogP contribution in [0.3, 0.4) is 0 Å². The Morgan fingerprint density at radius 3 is 2.59 bits per heavy atom. The molecule has 0 unspecified atom stereocenters. The van der Waals surface area contributed by atoms with E-state index in [9.17, 15) is 4.79 Å². The third-order valence-electron chi connectivity index (χ3n) is 5.76. The minimum atomic E-state index is -0.209. The van der Waals surface area contributed by atoms with Crippen molar-refractivity contribution in [2.75, 3.05) is 12.0 Å². The maximum atomic E-state index is 13.2. The van der Waals surface area contributed by atoms with Crippen molar-refractivity contribution < 1.29 is 14.3 Å². The summed E-state index contributed by atoms with van der Waals surface area (Å²) in [5.74, 6) is 0.931. The summed E-state index contributed by atoms with van der Waals surface area (Å²) in [4.78, 5) is 15.2. The monoisotopic (exact) mass is 673 g/mol. The number of thioether (sulfide) groups is 1. The van der Waals surface area contributed by atoms with Crippen LogP contribution < -0.4 is 14.4 Å². The number of rotatable bonds is 6. The Labute approximate surface area is 245 Å². The molecule has 37 heavy (non-hydrogen) atoms. The van der Waals surface area contributed by atoms with Crippen LogP contribution in [0.2, 0.25) is 5.02 Å². The van der Waals surface area contributed by atoms with Gasteiger partial charge in [0.15, 0.2) is 15.8 Å². The third-order valence-corrected chi connectivity index (χ3v) is 8.88. The summed E-state index contributed by atoms with van der Waals surface area (Å²) in [6.07, 6.45) is 1.79. The number of ether oxygens (including phenoxy) is 2. The molecule has 4 aromatic rings. The standard InChI is InChI=1S/C28H18Br2ClNO3S2/c1-34-24-12-16(13-25-27(33)32(28(36)37-25)19-9-10-21(29)23(31)14-19)11-22(30)26(24)35-15-18-7-4-6-17-5-2-3-8-20(17)18/h2-14H,15H2,1H3/b25-13+. The second-order valence-corrected chi connectivity index (χ2v) is 11.9. The fraction of sp³-hybridized carbons (Fsp3) is 0.0714. The number of carbonyl (C=O) groups excluding carboxylic acids is 1. The van der Waals surface area contributed by atoms with Gasteiger partial charge in [0.1, 0.15) is 6.61 Å². The number of nitrogens with zero attached hydrogens (tertiary/aromatic N) is 1. The molecule has 186 valence electrons. The van der Waals surface area contributed by atoms with Gasteiger partial charge in [-0.05, 0) is 90.2 Å². The topological polar surface area (TPSA) is 38.8 Å². The molecule has 4 aromatic carbocycles. The van der Waals surface area contributed by atoms with Gasteiger partial charge in [0.05, 0.1) is 27.2 Å². The van der Waals surface area contributed by atoms with Crippen LogP contribution in [0.25, 0.3) is 16.8 Å². The van der Waals surface area contributed by atoms with Crippen molar-refractivity contribution in [2.24, 2.45) is 0 Å². The fourth-order valence-corrected chi connectivity index (χ4v) is 6.29. The fourth-order valence-electron chi connectivity index (χ4n) is 4.00. The van der Waals surface area contributed by atoms with Gasteiger partial charge >= 0.3 is 0 Å². The van der Waals surface area contributed by atoms with Gasteiger partial charge in [0.25, 0.3) is 5.91 Å².